The van der Waals surface area contributed by atoms with Crippen molar-refractivity contribution in [1.29, 1.82) is 0 Å². The van der Waals surface area contributed by atoms with Crippen molar-refractivity contribution in [3.05, 3.63) is 24.0 Å². The maximum Gasteiger partial charge on any atom is 0.240 e. The van der Waals surface area contributed by atoms with Crippen LogP contribution in [-0.2, 0) is 4.79 Å². The number of hydrogen-bond acceptors (Lipinski definition) is 3. The predicted octanol–water partition coefficient (Wildman–Crippen LogP) is 1.76. The summed E-state index contributed by atoms with van der Waals surface area (Å²) in [6.07, 6.45) is 6.79. The zero-order valence-electron chi connectivity index (χ0n) is 10.8. The molecule has 4 nitrogen and oxygen atoms in total. The van der Waals surface area contributed by atoms with Gasteiger partial charge in [0.2, 0.25) is 5.91 Å². The average molecular weight is 267 g/mol. The molecule has 0 spiro atoms. The van der Waals surface area contributed by atoms with Crippen LogP contribution in [0.15, 0.2) is 18.3 Å². The molecule has 2 heterocycles. The molecule has 1 aromatic heterocycles. The molecule has 0 aromatic carbocycles. The number of H-pyrrole nitrogens is 1. The third-order valence-electron chi connectivity index (χ3n) is 3.47. The summed E-state index contributed by atoms with van der Waals surface area (Å²) in [6, 6.07) is 3.86. The first kappa shape index (κ1) is 13.5. The fourth-order valence-electron chi connectivity index (χ4n) is 2.49. The number of aromatic amines is 1. The van der Waals surface area contributed by atoms with E-state index in [0.29, 0.717) is 0 Å². The number of thioether (sulfide) groups is 1. The van der Waals surface area contributed by atoms with E-state index in [1.807, 2.05) is 29.5 Å². The number of carbonyl (C=O) groups is 1. The molecule has 1 fully saturated rings. The predicted molar refractivity (Wildman–Crippen MR) is 75.5 cm³/mol. The first-order chi connectivity index (χ1) is 8.74. The number of carbonyl (C=O) groups excluding carboxylic acids is 1. The number of nitrogens with one attached hydrogen (secondary N) is 1. The van der Waals surface area contributed by atoms with Gasteiger partial charge in [-0.15, -0.1) is 0 Å². The molecule has 0 aliphatic carbocycles. The Kier molecular flexibility index (Phi) is 4.72. The van der Waals surface area contributed by atoms with Crippen molar-refractivity contribution in [2.45, 2.75) is 31.3 Å². The second-order valence-electron chi connectivity index (χ2n) is 4.70. The van der Waals surface area contributed by atoms with Gasteiger partial charge in [-0.3, -0.25) is 4.79 Å². The van der Waals surface area contributed by atoms with Gasteiger partial charge in [0, 0.05) is 18.4 Å². The molecule has 1 saturated heterocycles. The third kappa shape index (κ3) is 2.90. The number of hydrogen-bond donors (Lipinski definition) is 2. The van der Waals surface area contributed by atoms with Gasteiger partial charge in [0.15, 0.2) is 0 Å². The molecule has 2 atom stereocenters. The van der Waals surface area contributed by atoms with Crippen molar-refractivity contribution >= 4 is 17.7 Å². The van der Waals surface area contributed by atoms with Crippen LogP contribution in [0.5, 0.6) is 0 Å². The normalized spacial score (nSPS) is 21.2. The van der Waals surface area contributed by atoms with E-state index in [-0.39, 0.29) is 18.0 Å². The minimum atomic E-state index is -0.354. The maximum absolute atomic E-state index is 12.3. The van der Waals surface area contributed by atoms with Gasteiger partial charge in [-0.1, -0.05) is 0 Å². The molecule has 1 unspecified atom stereocenters. The molecule has 1 aromatic rings. The van der Waals surface area contributed by atoms with Crippen LogP contribution in [0.2, 0.25) is 0 Å². The van der Waals surface area contributed by atoms with E-state index in [2.05, 4.69) is 4.98 Å². The van der Waals surface area contributed by atoms with E-state index in [1.54, 1.807) is 11.8 Å². The van der Waals surface area contributed by atoms with Gasteiger partial charge in [0.05, 0.1) is 12.1 Å². The first-order valence-corrected chi connectivity index (χ1v) is 7.81. The van der Waals surface area contributed by atoms with Crippen molar-refractivity contribution in [3.63, 3.8) is 0 Å². The van der Waals surface area contributed by atoms with Gasteiger partial charge in [-0.25, -0.2) is 0 Å². The van der Waals surface area contributed by atoms with Crippen LogP contribution in [0, 0.1) is 0 Å². The van der Waals surface area contributed by atoms with Crippen molar-refractivity contribution in [2.24, 2.45) is 5.73 Å². The summed E-state index contributed by atoms with van der Waals surface area (Å²) in [5, 5.41) is 0. The Balaban J connectivity index is 2.00. The van der Waals surface area contributed by atoms with E-state index >= 15 is 0 Å². The monoisotopic (exact) mass is 267 g/mol. The van der Waals surface area contributed by atoms with Crippen molar-refractivity contribution in [1.82, 2.24) is 9.88 Å². The molecule has 5 heteroatoms. The Morgan fingerprint density at radius 3 is 3.22 bits per heavy atom. The summed E-state index contributed by atoms with van der Waals surface area (Å²) in [5.74, 6) is 1.04. The van der Waals surface area contributed by atoms with Crippen LogP contribution in [0.1, 0.15) is 31.0 Å². The lowest BCUT2D eigenvalue weighted by molar-refractivity contribution is -0.133. The molecule has 1 amide bonds. The maximum atomic E-state index is 12.3. The molecule has 18 heavy (non-hydrogen) atoms. The molecular weight excluding hydrogens is 246 g/mol. The molecule has 0 saturated carbocycles. The van der Waals surface area contributed by atoms with Crippen LogP contribution in [0.4, 0.5) is 0 Å². The van der Waals surface area contributed by atoms with E-state index in [4.69, 9.17) is 5.73 Å². The standard InChI is InChI=1S/C13H21N3OS/c1-18-9-6-10(14)13(17)16-8-3-5-12(16)11-4-2-7-15-11/h2,4,7,10,12,15H,3,5-6,8-9,14H2,1H3/t10-,12?/m1/s1. The van der Waals surface area contributed by atoms with E-state index < -0.39 is 0 Å². The number of likely N-dealkylation sites (tertiary alicyclic amines) is 1. The Morgan fingerprint density at radius 1 is 1.72 bits per heavy atom. The average Bonchev–Trinajstić information content (AvgIpc) is 3.03. The number of amides is 1. The molecule has 1 aliphatic rings. The third-order valence-corrected chi connectivity index (χ3v) is 4.11. The Morgan fingerprint density at radius 2 is 2.56 bits per heavy atom. The molecule has 2 rings (SSSR count). The van der Waals surface area contributed by atoms with Crippen molar-refractivity contribution in [3.8, 4) is 0 Å². The summed E-state index contributed by atoms with van der Waals surface area (Å²) >= 11 is 1.73. The Bertz CT molecular complexity index is 380. The quantitative estimate of drug-likeness (QED) is 0.854. The molecule has 0 radical (unpaired) electrons. The van der Waals surface area contributed by atoms with Gasteiger partial charge in [0.1, 0.15) is 0 Å². The Labute approximate surface area is 112 Å². The highest BCUT2D eigenvalue weighted by Crippen LogP contribution is 2.31. The van der Waals surface area contributed by atoms with Gasteiger partial charge in [-0.05, 0) is 43.4 Å². The van der Waals surface area contributed by atoms with Crippen LogP contribution in [-0.4, -0.2) is 40.4 Å². The van der Waals surface area contributed by atoms with Crippen molar-refractivity contribution in [2.75, 3.05) is 18.6 Å². The van der Waals surface area contributed by atoms with Crippen LogP contribution >= 0.6 is 11.8 Å². The highest BCUT2D eigenvalue weighted by Gasteiger charge is 2.32. The van der Waals surface area contributed by atoms with Gasteiger partial charge >= 0.3 is 0 Å². The minimum absolute atomic E-state index is 0.0983. The smallest absolute Gasteiger partial charge is 0.240 e. The SMILES string of the molecule is CSCC[C@@H](N)C(=O)N1CCCC1c1ccc[nH]1. The van der Waals surface area contributed by atoms with Crippen LogP contribution < -0.4 is 5.73 Å². The zero-order chi connectivity index (χ0) is 13.0. The molecule has 0 bridgehead atoms. The highest BCUT2D eigenvalue weighted by molar-refractivity contribution is 7.98. The fourth-order valence-corrected chi connectivity index (χ4v) is 2.98. The van der Waals surface area contributed by atoms with Gasteiger partial charge < -0.3 is 15.6 Å². The lowest BCUT2D eigenvalue weighted by Crippen LogP contribution is -2.43. The van der Waals surface area contributed by atoms with Gasteiger partial charge in [-0.2, -0.15) is 11.8 Å². The summed E-state index contributed by atoms with van der Waals surface area (Å²) < 4.78 is 0. The van der Waals surface area contributed by atoms with Crippen LogP contribution in [0.25, 0.3) is 0 Å². The molecular formula is C13H21N3OS. The summed E-state index contributed by atoms with van der Waals surface area (Å²) in [7, 11) is 0. The summed E-state index contributed by atoms with van der Waals surface area (Å²) in [6.45, 7) is 0.829. The minimum Gasteiger partial charge on any atom is -0.363 e. The number of nitrogens with two attached hydrogens (primary N) is 1. The summed E-state index contributed by atoms with van der Waals surface area (Å²) in [5.41, 5.74) is 7.11. The fraction of sp³-hybridized carbons (Fsp3) is 0.615. The van der Waals surface area contributed by atoms with E-state index in [1.165, 1.54) is 0 Å². The van der Waals surface area contributed by atoms with Crippen molar-refractivity contribution < 1.29 is 4.79 Å². The van der Waals surface area contributed by atoms with E-state index in [9.17, 15) is 4.79 Å². The topological polar surface area (TPSA) is 62.1 Å². The summed E-state index contributed by atoms with van der Waals surface area (Å²) in [4.78, 5) is 17.5. The second kappa shape index (κ2) is 6.29. The molecule has 1 aliphatic heterocycles. The molecule has 100 valence electrons. The van der Waals surface area contributed by atoms with E-state index in [0.717, 1.165) is 37.3 Å². The van der Waals surface area contributed by atoms with Crippen LogP contribution in [0.3, 0.4) is 0 Å². The lowest BCUT2D eigenvalue weighted by atomic mass is 10.1. The zero-order valence-corrected chi connectivity index (χ0v) is 11.6. The number of rotatable bonds is 5. The van der Waals surface area contributed by atoms with Gasteiger partial charge in [0.25, 0.3) is 0 Å². The first-order valence-electron chi connectivity index (χ1n) is 6.42. The largest absolute Gasteiger partial charge is 0.363 e. The number of nitrogens with zero attached hydrogens (tertiary/aromatic N) is 1. The lowest BCUT2D eigenvalue weighted by Gasteiger charge is -2.26. The Hall–Kier alpha value is -0.940. The molecule has 3 N–H and O–H groups in total. The number of aromatic nitrogens is 1. The second-order valence-corrected chi connectivity index (χ2v) is 5.69. The highest BCUT2D eigenvalue weighted by atomic mass is 32.2.